The Bertz CT molecular complexity index is 3570. The Hall–Kier alpha value is -6.87. The maximum absolute atomic E-state index is 7.60. The third kappa shape index (κ3) is 11.9. The van der Waals surface area contributed by atoms with Crippen molar-refractivity contribution in [3.8, 4) is 0 Å². The summed E-state index contributed by atoms with van der Waals surface area (Å²) in [6.45, 7) is 20.0. The zero-order chi connectivity index (χ0) is 53.9. The van der Waals surface area contributed by atoms with Gasteiger partial charge in [0.05, 0.1) is 43.5 Å². The van der Waals surface area contributed by atoms with Gasteiger partial charge < -0.3 is 28.4 Å². The highest BCUT2D eigenvalue weighted by molar-refractivity contribution is 9.10. The first-order chi connectivity index (χ1) is 36.3. The Balaban J connectivity index is 0.000000198. The number of benzene rings is 8. The Morgan fingerprint density at radius 3 is 1.18 bits per heavy atom. The molecule has 0 atom stereocenters. The summed E-state index contributed by atoms with van der Waals surface area (Å²) in [6, 6.07) is 61.9. The quantitative estimate of drug-likeness (QED) is 0.153. The number of anilines is 8. The highest BCUT2D eigenvalue weighted by Gasteiger charge is 2.27. The largest absolute Gasteiger partial charge is 0.462 e. The van der Waals surface area contributed by atoms with Crippen LogP contribution >= 0.6 is 50.7 Å². The number of para-hydroxylation sites is 3. The van der Waals surface area contributed by atoms with Gasteiger partial charge in [-0.3, -0.25) is 0 Å². The van der Waals surface area contributed by atoms with E-state index in [1.54, 1.807) is 12.3 Å². The van der Waals surface area contributed by atoms with Crippen LogP contribution in [-0.4, -0.2) is 0 Å². The molecular weight excluding hydrogens is 1070 g/mol. The first-order valence-corrected chi connectivity index (χ1v) is 27.1. The molecule has 11 rings (SSSR count). The van der Waals surface area contributed by atoms with Gasteiger partial charge in [0.2, 0.25) is 0 Å². The maximum atomic E-state index is 7.60. The lowest BCUT2D eigenvalue weighted by molar-refractivity contribution is 0.590. The average Bonchev–Trinajstić information content (AvgIpc) is 4.16. The molecule has 0 fully saturated rings. The van der Waals surface area contributed by atoms with Crippen molar-refractivity contribution in [2.24, 2.45) is 0 Å². The molecule has 1 N–H and O–H groups in total. The molecule has 8 aromatic carbocycles. The molecule has 0 radical (unpaired) electrons. The van der Waals surface area contributed by atoms with Crippen LogP contribution in [0, 0.1) is 0 Å². The summed E-state index contributed by atoms with van der Waals surface area (Å²) in [5.41, 5.74) is 14.2. The SMILES string of the molecule is CC(C)(C)c1ccc(N(c2cccc(N(c3ccc(C(C)(C)C)cc3)c3coc4ccccc34)c2Cl)c2coc3ccccc23)cc1.CC(C)(C)c1ccc(Nc2coc3ccccc23)cc1.Clc1cccc(Br)c1Cl. The predicted octanol–water partition coefficient (Wildman–Crippen LogP) is 22.6. The van der Waals surface area contributed by atoms with E-state index in [0.29, 0.717) is 15.1 Å². The Kier molecular flexibility index (Phi) is 15.9. The minimum Gasteiger partial charge on any atom is -0.462 e. The lowest BCUT2D eigenvalue weighted by Gasteiger charge is -2.30. The Labute approximate surface area is 469 Å². The second-order valence-electron chi connectivity index (χ2n) is 21.7. The molecule has 0 aliphatic carbocycles. The van der Waals surface area contributed by atoms with Crippen LogP contribution in [0.15, 0.2) is 219 Å². The number of hydrogen-bond donors (Lipinski definition) is 1. The van der Waals surface area contributed by atoms with E-state index in [2.05, 4.69) is 203 Å². The molecular formula is C66H61BrCl3N3O3. The molecule has 0 unspecified atom stereocenters. The van der Waals surface area contributed by atoms with E-state index in [1.165, 1.54) is 16.7 Å². The molecule has 3 aromatic heterocycles. The van der Waals surface area contributed by atoms with Gasteiger partial charge in [0.25, 0.3) is 0 Å². The number of hydrogen-bond acceptors (Lipinski definition) is 6. The second kappa shape index (κ2) is 22.4. The minimum atomic E-state index is 0.0274. The van der Waals surface area contributed by atoms with E-state index < -0.39 is 0 Å². The lowest BCUT2D eigenvalue weighted by atomic mass is 9.87. The number of furan rings is 3. The first-order valence-electron chi connectivity index (χ1n) is 25.2. The molecule has 76 heavy (non-hydrogen) atoms. The summed E-state index contributed by atoms with van der Waals surface area (Å²) < 4.78 is 18.5. The normalized spacial score (nSPS) is 11.8. The highest BCUT2D eigenvalue weighted by Crippen LogP contribution is 2.50. The molecule has 3 heterocycles. The van der Waals surface area contributed by atoms with Gasteiger partial charge in [0, 0.05) is 37.7 Å². The third-order valence-electron chi connectivity index (χ3n) is 13.2. The van der Waals surface area contributed by atoms with Gasteiger partial charge in [-0.1, -0.05) is 182 Å². The summed E-state index contributed by atoms with van der Waals surface area (Å²) in [6.07, 6.45) is 5.40. The first kappa shape index (κ1) is 53.9. The lowest BCUT2D eigenvalue weighted by Crippen LogP contribution is -2.15. The second-order valence-corrected chi connectivity index (χ2v) is 23.8. The van der Waals surface area contributed by atoms with Crippen LogP contribution in [0.3, 0.4) is 0 Å². The Morgan fingerprint density at radius 2 is 0.763 bits per heavy atom. The molecule has 0 amide bonds. The molecule has 0 saturated carbocycles. The van der Waals surface area contributed by atoms with E-state index >= 15 is 0 Å². The van der Waals surface area contributed by atoms with E-state index in [-0.39, 0.29) is 16.2 Å². The van der Waals surface area contributed by atoms with Crippen molar-refractivity contribution in [3.05, 3.63) is 237 Å². The van der Waals surface area contributed by atoms with E-state index in [4.69, 9.17) is 48.1 Å². The number of fused-ring (bicyclic) bond motifs is 3. The van der Waals surface area contributed by atoms with Gasteiger partial charge in [-0.2, -0.15) is 0 Å². The van der Waals surface area contributed by atoms with Gasteiger partial charge in [-0.05, 0) is 146 Å². The topological polar surface area (TPSA) is 57.9 Å². The van der Waals surface area contributed by atoms with E-state index in [9.17, 15) is 0 Å². The number of nitrogens with zero attached hydrogens (tertiary/aromatic N) is 2. The number of halogens is 4. The minimum absolute atomic E-state index is 0.0274. The van der Waals surface area contributed by atoms with Crippen LogP contribution in [0.25, 0.3) is 32.9 Å². The van der Waals surface area contributed by atoms with Gasteiger partial charge in [-0.15, -0.1) is 0 Å². The van der Waals surface area contributed by atoms with E-state index in [1.807, 2.05) is 79.3 Å². The maximum Gasteiger partial charge on any atom is 0.136 e. The van der Waals surface area contributed by atoms with Crippen LogP contribution in [0.2, 0.25) is 15.1 Å². The fraction of sp³-hybridized carbons (Fsp3) is 0.182. The van der Waals surface area contributed by atoms with Crippen molar-refractivity contribution < 1.29 is 13.3 Å². The van der Waals surface area contributed by atoms with Gasteiger partial charge in [0.1, 0.15) is 35.5 Å². The fourth-order valence-electron chi connectivity index (χ4n) is 8.93. The zero-order valence-electron chi connectivity index (χ0n) is 44.2. The van der Waals surface area contributed by atoms with Crippen LogP contribution in [-0.2, 0) is 16.2 Å². The van der Waals surface area contributed by atoms with Gasteiger partial charge in [0.15, 0.2) is 0 Å². The van der Waals surface area contributed by atoms with Gasteiger partial charge >= 0.3 is 0 Å². The molecule has 10 heteroatoms. The van der Waals surface area contributed by atoms with Crippen molar-refractivity contribution in [2.45, 2.75) is 78.6 Å². The summed E-state index contributed by atoms with van der Waals surface area (Å²) in [7, 11) is 0. The van der Waals surface area contributed by atoms with Crippen molar-refractivity contribution >= 4 is 129 Å². The van der Waals surface area contributed by atoms with Crippen molar-refractivity contribution in [3.63, 3.8) is 0 Å². The summed E-state index contributed by atoms with van der Waals surface area (Å²) in [5.74, 6) is 0. The summed E-state index contributed by atoms with van der Waals surface area (Å²) in [4.78, 5) is 4.39. The molecule has 0 spiro atoms. The number of nitrogens with one attached hydrogen (secondary N) is 1. The van der Waals surface area contributed by atoms with Crippen LogP contribution in [0.4, 0.5) is 45.5 Å². The molecule has 11 aromatic rings. The van der Waals surface area contributed by atoms with Crippen molar-refractivity contribution in [2.75, 3.05) is 15.1 Å². The monoisotopic (exact) mass is 1130 g/mol. The third-order valence-corrected chi connectivity index (χ3v) is 15.3. The molecule has 6 nitrogen and oxygen atoms in total. The molecule has 0 bridgehead atoms. The summed E-state index contributed by atoms with van der Waals surface area (Å²) in [5, 5.41) is 8.27. The molecule has 0 aliphatic rings. The predicted molar refractivity (Wildman–Crippen MR) is 327 cm³/mol. The molecule has 0 aliphatic heterocycles. The molecule has 386 valence electrons. The van der Waals surface area contributed by atoms with Gasteiger partial charge in [-0.25, -0.2) is 0 Å². The van der Waals surface area contributed by atoms with Crippen LogP contribution in [0.1, 0.15) is 79.0 Å². The standard InChI is InChI=1S/C42H39ClN2O2.C18H19NO.C6H3BrCl2/c1-41(2,3)28-18-22-30(23-19-28)44(36-26-46-38-16-9-7-12-32(36)38)34-14-11-15-35(40(34)43)45(31-24-20-29(21-25-31)42(4,5)6)37-27-47-39-17-10-8-13-33(37)39;1-18(2,3)13-8-10-14(11-9-13)19-16-12-20-17-7-5-4-6-15(16)17;7-4-2-1-3-5(8)6(4)9/h7-27H,1-6H3;4-12,19H,1-3H3;1-3H. The zero-order valence-corrected chi connectivity index (χ0v) is 48.0. The van der Waals surface area contributed by atoms with E-state index in [0.717, 1.165) is 82.9 Å². The fourth-order valence-corrected chi connectivity index (χ4v) is 10.0. The highest BCUT2D eigenvalue weighted by atomic mass is 79.9. The van der Waals surface area contributed by atoms with Crippen LogP contribution < -0.4 is 15.1 Å². The van der Waals surface area contributed by atoms with Crippen molar-refractivity contribution in [1.82, 2.24) is 0 Å². The average molecular weight is 1130 g/mol. The van der Waals surface area contributed by atoms with Crippen molar-refractivity contribution in [1.29, 1.82) is 0 Å². The summed E-state index contributed by atoms with van der Waals surface area (Å²) >= 11 is 22.2. The smallest absolute Gasteiger partial charge is 0.136 e. The van der Waals surface area contributed by atoms with Crippen LogP contribution in [0.5, 0.6) is 0 Å². The Morgan fingerprint density at radius 1 is 0.382 bits per heavy atom. The molecule has 0 saturated heterocycles. The number of rotatable bonds is 8.